The van der Waals surface area contributed by atoms with E-state index in [4.69, 9.17) is 0 Å². The van der Waals surface area contributed by atoms with Gasteiger partial charge in [-0.15, -0.1) is 68.0 Å². The first-order valence-corrected chi connectivity index (χ1v) is 16.9. The van der Waals surface area contributed by atoms with Crippen LogP contribution in [0.4, 0.5) is 0 Å². The number of thiol groups is 1. The molecular formula is C24H15BBr2NS7. The molecule has 0 bridgehead atoms. The molecule has 6 heterocycles. The molecule has 0 aromatic carbocycles. The zero-order chi connectivity index (χ0) is 24.6. The molecule has 6 rings (SSSR count). The second-order valence-electron chi connectivity index (χ2n) is 6.61. The van der Waals surface area contributed by atoms with Crippen LogP contribution in [0, 0.1) is 0 Å². The fourth-order valence-corrected chi connectivity index (χ4v) is 9.57. The van der Waals surface area contributed by atoms with Gasteiger partial charge in [0.1, 0.15) is 0 Å². The number of hydrogen-bond acceptors (Lipinski definition) is 8. The zero-order valence-electron chi connectivity index (χ0n) is 17.8. The van der Waals surface area contributed by atoms with Crippen LogP contribution in [0.2, 0.25) is 0 Å². The van der Waals surface area contributed by atoms with E-state index in [9.17, 15) is 0 Å². The number of nitrogens with zero attached hydrogens (tertiary/aromatic N) is 1. The van der Waals surface area contributed by atoms with Crippen LogP contribution >= 0.6 is 113 Å². The van der Waals surface area contributed by atoms with Crippen LogP contribution in [-0.2, 0) is 0 Å². The van der Waals surface area contributed by atoms with Crippen LogP contribution < -0.4 is 0 Å². The second kappa shape index (κ2) is 13.8. The first-order chi connectivity index (χ1) is 17.1. The first-order valence-electron chi connectivity index (χ1n) is 9.90. The Balaban J connectivity index is 0.000000150. The Morgan fingerprint density at radius 3 is 1.11 bits per heavy atom. The SMILES string of the molecule is Brc1ccc(-c2ccc(-c3ccc(Br)s3)s2)s1.[B]=NS.c1csc(-c2ccc(-c3cccs3)s2)c1. The molecule has 175 valence electrons. The number of thiophene rings is 6. The Bertz CT molecular complexity index is 1360. The Morgan fingerprint density at radius 2 is 0.829 bits per heavy atom. The van der Waals surface area contributed by atoms with E-state index < -0.39 is 0 Å². The van der Waals surface area contributed by atoms with Crippen molar-refractivity contribution in [1.29, 1.82) is 0 Å². The standard InChI is InChI=1S/C12H6Br2S3.C12H8S3.BHNS/c13-11-5-3-9(16-11)7-1-2-8(15-7)10-4-6-12(14)17-10;1-3-9(13-7-1)11-5-6-12(15-11)10-4-2-8-14-10;1-2-3/h1-6H;1-8H;3H. The van der Waals surface area contributed by atoms with Gasteiger partial charge in [0.15, 0.2) is 0 Å². The summed E-state index contributed by atoms with van der Waals surface area (Å²) in [6, 6.07) is 25.9. The largest absolute Gasteiger partial charge is 0.143 e. The van der Waals surface area contributed by atoms with Gasteiger partial charge < -0.3 is 0 Å². The third kappa shape index (κ3) is 7.69. The van der Waals surface area contributed by atoms with Crippen LogP contribution in [-0.4, -0.2) is 7.64 Å². The van der Waals surface area contributed by atoms with E-state index in [-0.39, 0.29) is 0 Å². The van der Waals surface area contributed by atoms with Gasteiger partial charge in [0.05, 0.1) is 7.57 Å². The molecule has 0 aliphatic rings. The first kappa shape index (κ1) is 27.4. The molecule has 0 saturated heterocycles. The molecule has 0 atom stereocenters. The topological polar surface area (TPSA) is 12.4 Å². The van der Waals surface area contributed by atoms with Gasteiger partial charge in [0.2, 0.25) is 0 Å². The monoisotopic (exact) mass is 710 g/mol. The number of halogens is 2. The third-order valence-corrected chi connectivity index (χ3v) is 12.3. The van der Waals surface area contributed by atoms with Crippen molar-refractivity contribution >= 4 is 120 Å². The molecule has 0 amide bonds. The minimum absolute atomic E-state index is 1.18. The average molecular weight is 712 g/mol. The summed E-state index contributed by atoms with van der Waals surface area (Å²) in [6.45, 7) is 0. The Hall–Kier alpha value is -0.625. The van der Waals surface area contributed by atoms with Gasteiger partial charge >= 0.3 is 24.8 Å². The maximum atomic E-state index is 4.34. The van der Waals surface area contributed by atoms with E-state index >= 15 is 0 Å². The van der Waals surface area contributed by atoms with Crippen LogP contribution in [0.25, 0.3) is 39.0 Å². The van der Waals surface area contributed by atoms with E-state index in [2.05, 4.69) is 140 Å². The van der Waals surface area contributed by atoms with E-state index in [1.165, 1.54) is 46.6 Å². The summed E-state index contributed by atoms with van der Waals surface area (Å²) in [5.41, 5.74) is 0. The fourth-order valence-electron chi connectivity index (χ4n) is 2.94. The molecule has 1 radical (unpaired) electrons. The molecule has 11 heteroatoms. The van der Waals surface area contributed by atoms with E-state index in [0.717, 1.165) is 0 Å². The van der Waals surface area contributed by atoms with Crippen molar-refractivity contribution in [3.63, 3.8) is 0 Å². The van der Waals surface area contributed by atoms with Gasteiger partial charge in [-0.05, 0) is 103 Å². The van der Waals surface area contributed by atoms with Crippen molar-refractivity contribution < 1.29 is 0 Å². The molecule has 6 aromatic rings. The van der Waals surface area contributed by atoms with Gasteiger partial charge in [-0.3, -0.25) is 0 Å². The number of rotatable bonds is 4. The molecule has 0 unspecified atom stereocenters. The molecule has 1 nitrogen and oxygen atoms in total. The summed E-state index contributed by atoms with van der Waals surface area (Å²) in [5.74, 6) is 0. The van der Waals surface area contributed by atoms with Gasteiger partial charge in [-0.1, -0.05) is 12.1 Å². The minimum atomic E-state index is 1.18. The van der Waals surface area contributed by atoms with Crippen LogP contribution in [0.3, 0.4) is 0 Å². The predicted octanol–water partition coefficient (Wildman–Crippen LogP) is 12.1. The maximum Gasteiger partial charge on any atom is 0.0449 e. The van der Waals surface area contributed by atoms with Gasteiger partial charge in [0.25, 0.3) is 0 Å². The molecule has 0 spiro atoms. The number of hydrogen-bond donors (Lipinski definition) is 1. The summed E-state index contributed by atoms with van der Waals surface area (Å²) >= 11 is 21.1. The molecule has 35 heavy (non-hydrogen) atoms. The molecule has 0 saturated carbocycles. The smallest absolute Gasteiger partial charge is 0.0449 e. The average Bonchev–Trinajstić information content (AvgIpc) is 3.66. The summed E-state index contributed by atoms with van der Waals surface area (Å²) in [7, 11) is 4.34. The summed E-state index contributed by atoms with van der Waals surface area (Å²) in [5, 5.41) is 4.25. The van der Waals surface area contributed by atoms with Crippen molar-refractivity contribution in [2.45, 2.75) is 0 Å². The third-order valence-electron chi connectivity index (χ3n) is 4.37. The molecular weight excluding hydrogens is 697 g/mol. The van der Waals surface area contributed by atoms with Gasteiger partial charge in [0, 0.05) is 39.0 Å². The summed E-state index contributed by atoms with van der Waals surface area (Å²) < 4.78 is 5.06. The molecule has 0 aliphatic heterocycles. The van der Waals surface area contributed by atoms with E-state index in [0.29, 0.717) is 0 Å². The predicted molar refractivity (Wildman–Crippen MR) is 174 cm³/mol. The summed E-state index contributed by atoms with van der Waals surface area (Å²) in [6.07, 6.45) is 0. The van der Waals surface area contributed by atoms with Crippen molar-refractivity contribution in [3.8, 4) is 39.0 Å². The van der Waals surface area contributed by atoms with Crippen LogP contribution in [0.1, 0.15) is 0 Å². The van der Waals surface area contributed by atoms with Crippen LogP contribution in [0.5, 0.6) is 0 Å². The van der Waals surface area contributed by atoms with Crippen molar-refractivity contribution in [2.24, 2.45) is 4.30 Å². The minimum Gasteiger partial charge on any atom is -0.143 e. The molecule has 0 fully saturated rings. The molecule has 0 N–H and O–H groups in total. The van der Waals surface area contributed by atoms with Gasteiger partial charge in [-0.2, -0.15) is 0 Å². The fraction of sp³-hybridized carbons (Fsp3) is 0. The zero-order valence-corrected chi connectivity index (χ0v) is 26.7. The summed E-state index contributed by atoms with van der Waals surface area (Å²) in [4.78, 5) is 10.8. The normalized spacial score (nSPS) is 10.2. The van der Waals surface area contributed by atoms with Crippen molar-refractivity contribution in [1.82, 2.24) is 0 Å². The van der Waals surface area contributed by atoms with Crippen molar-refractivity contribution in [2.75, 3.05) is 0 Å². The van der Waals surface area contributed by atoms with Gasteiger partial charge in [-0.25, -0.2) is 0 Å². The second-order valence-corrected chi connectivity index (χ2v) is 15.8. The molecule has 0 aliphatic carbocycles. The maximum absolute atomic E-state index is 4.34. The van der Waals surface area contributed by atoms with E-state index in [1.54, 1.807) is 45.3 Å². The Kier molecular flexibility index (Phi) is 10.8. The Morgan fingerprint density at radius 1 is 0.514 bits per heavy atom. The molecule has 6 aromatic heterocycles. The van der Waals surface area contributed by atoms with Crippen molar-refractivity contribution in [3.05, 3.63) is 91.1 Å². The Labute approximate surface area is 252 Å². The van der Waals surface area contributed by atoms with E-state index in [1.807, 2.05) is 22.7 Å². The van der Waals surface area contributed by atoms with Crippen LogP contribution in [0.15, 0.2) is 95.4 Å². The quantitative estimate of drug-likeness (QED) is 0.138.